The lowest BCUT2D eigenvalue weighted by Gasteiger charge is -2.17. The molecule has 2 aromatic rings. The van der Waals surface area contributed by atoms with Crippen molar-refractivity contribution in [1.29, 1.82) is 0 Å². The molecule has 2 atom stereocenters. The van der Waals surface area contributed by atoms with E-state index in [0.29, 0.717) is 19.6 Å². The van der Waals surface area contributed by atoms with Gasteiger partial charge in [-0.25, -0.2) is 9.18 Å². The van der Waals surface area contributed by atoms with Gasteiger partial charge in [0, 0.05) is 49.9 Å². The van der Waals surface area contributed by atoms with Crippen molar-refractivity contribution in [2.45, 2.75) is 25.9 Å². The molecule has 6 nitrogen and oxygen atoms in total. The van der Waals surface area contributed by atoms with Crippen LogP contribution in [0.1, 0.15) is 24.0 Å². The van der Waals surface area contributed by atoms with Gasteiger partial charge in [0.1, 0.15) is 5.82 Å². The zero-order valence-corrected chi connectivity index (χ0v) is 15.5. The summed E-state index contributed by atoms with van der Waals surface area (Å²) in [7, 11) is 0. The van der Waals surface area contributed by atoms with Crippen molar-refractivity contribution >= 4 is 11.9 Å². The van der Waals surface area contributed by atoms with Crippen LogP contribution < -0.4 is 10.6 Å². The van der Waals surface area contributed by atoms with E-state index in [1.54, 1.807) is 29.4 Å². The van der Waals surface area contributed by atoms with Gasteiger partial charge >= 0.3 is 6.03 Å². The van der Waals surface area contributed by atoms with Gasteiger partial charge in [0.25, 0.3) is 0 Å². The molecule has 1 saturated carbocycles. The Morgan fingerprint density at radius 3 is 2.71 bits per heavy atom. The van der Waals surface area contributed by atoms with Gasteiger partial charge in [-0.15, -0.1) is 0 Å². The fourth-order valence-corrected chi connectivity index (χ4v) is 3.99. The predicted molar refractivity (Wildman–Crippen MR) is 101 cm³/mol. The van der Waals surface area contributed by atoms with Crippen LogP contribution in [-0.4, -0.2) is 34.9 Å². The SMILES string of the molecule is O=C(NCc1ccncc1)[C@H]1C[C@]12CCN(C(=O)NCc1cccc(F)c1)C2. The average molecular weight is 382 g/mol. The fraction of sp³-hybridized carbons (Fsp3) is 0.381. The maximum Gasteiger partial charge on any atom is 0.317 e. The van der Waals surface area contributed by atoms with Crippen molar-refractivity contribution in [2.75, 3.05) is 13.1 Å². The van der Waals surface area contributed by atoms with E-state index < -0.39 is 0 Å². The molecule has 2 heterocycles. The minimum absolute atomic E-state index is 0.0321. The van der Waals surface area contributed by atoms with Crippen molar-refractivity contribution in [3.05, 3.63) is 65.7 Å². The van der Waals surface area contributed by atoms with E-state index in [2.05, 4.69) is 15.6 Å². The molecular formula is C21H23FN4O2. The molecule has 1 aliphatic carbocycles. The second-order valence-corrected chi connectivity index (χ2v) is 7.65. The molecule has 28 heavy (non-hydrogen) atoms. The normalized spacial score (nSPS) is 22.9. The Balaban J connectivity index is 1.25. The summed E-state index contributed by atoms with van der Waals surface area (Å²) in [6, 6.07) is 9.79. The highest BCUT2D eigenvalue weighted by Crippen LogP contribution is 2.58. The second kappa shape index (κ2) is 7.58. The third-order valence-electron chi connectivity index (χ3n) is 5.73. The fourth-order valence-electron chi connectivity index (χ4n) is 3.99. The van der Waals surface area contributed by atoms with Crippen molar-refractivity contribution in [2.24, 2.45) is 11.3 Å². The number of aromatic nitrogens is 1. The zero-order valence-electron chi connectivity index (χ0n) is 15.5. The molecule has 7 heteroatoms. The van der Waals surface area contributed by atoms with Crippen molar-refractivity contribution in [1.82, 2.24) is 20.5 Å². The number of nitrogens with zero attached hydrogens (tertiary/aromatic N) is 2. The smallest absolute Gasteiger partial charge is 0.317 e. The molecule has 2 fully saturated rings. The van der Waals surface area contributed by atoms with Gasteiger partial charge in [0.05, 0.1) is 0 Å². The molecule has 1 saturated heterocycles. The maximum atomic E-state index is 13.2. The Labute approximate surface area is 163 Å². The van der Waals surface area contributed by atoms with E-state index in [1.165, 1.54) is 12.1 Å². The Morgan fingerprint density at radius 2 is 1.93 bits per heavy atom. The Bertz CT molecular complexity index is 876. The summed E-state index contributed by atoms with van der Waals surface area (Å²) in [6.07, 6.45) is 5.07. The van der Waals surface area contributed by atoms with Gasteiger partial charge in [-0.3, -0.25) is 9.78 Å². The summed E-state index contributed by atoms with van der Waals surface area (Å²) < 4.78 is 13.2. The third kappa shape index (κ3) is 3.98. The first-order valence-electron chi connectivity index (χ1n) is 9.50. The number of pyridine rings is 1. The highest BCUT2D eigenvalue weighted by molar-refractivity contribution is 5.83. The molecule has 2 aliphatic rings. The standard InChI is InChI=1S/C21H23FN4O2/c22-17-3-1-2-16(10-17)13-25-20(28)26-9-6-21(14-26)11-18(21)19(27)24-12-15-4-7-23-8-5-15/h1-5,7-8,10,18H,6,9,11-14H2,(H,24,27)(H,25,28)/t18-,21+/m1/s1. The minimum Gasteiger partial charge on any atom is -0.352 e. The third-order valence-corrected chi connectivity index (χ3v) is 5.73. The number of urea groups is 1. The van der Waals surface area contributed by atoms with Crippen LogP contribution >= 0.6 is 0 Å². The molecule has 3 amide bonds. The first kappa shape index (κ1) is 18.4. The van der Waals surface area contributed by atoms with Crippen LogP contribution in [0.3, 0.4) is 0 Å². The number of carbonyl (C=O) groups excluding carboxylic acids is 2. The average Bonchev–Trinajstić information content (AvgIpc) is 3.24. The number of nitrogens with one attached hydrogen (secondary N) is 2. The minimum atomic E-state index is -0.314. The van der Waals surface area contributed by atoms with Gasteiger partial charge in [0.15, 0.2) is 0 Å². The van der Waals surface area contributed by atoms with Gasteiger partial charge in [-0.2, -0.15) is 0 Å². The number of likely N-dealkylation sites (tertiary alicyclic amines) is 1. The number of rotatable bonds is 5. The lowest BCUT2D eigenvalue weighted by molar-refractivity contribution is -0.123. The summed E-state index contributed by atoms with van der Waals surface area (Å²) in [6.45, 7) is 2.01. The summed E-state index contributed by atoms with van der Waals surface area (Å²) in [5.74, 6) is -0.292. The lowest BCUT2D eigenvalue weighted by atomic mass is 10.0. The largest absolute Gasteiger partial charge is 0.352 e. The number of hydrogen-bond acceptors (Lipinski definition) is 3. The van der Waals surface area contributed by atoms with Crippen LogP contribution in [-0.2, 0) is 17.9 Å². The van der Waals surface area contributed by atoms with Crippen LogP contribution in [0.5, 0.6) is 0 Å². The number of amides is 3. The van der Waals surface area contributed by atoms with E-state index in [0.717, 1.165) is 24.0 Å². The molecule has 1 aliphatic heterocycles. The number of hydrogen-bond donors (Lipinski definition) is 2. The van der Waals surface area contributed by atoms with E-state index in [1.807, 2.05) is 12.1 Å². The van der Waals surface area contributed by atoms with Crippen molar-refractivity contribution in [3.63, 3.8) is 0 Å². The first-order valence-corrected chi connectivity index (χ1v) is 9.50. The molecule has 1 spiro atoms. The van der Waals surface area contributed by atoms with Gasteiger partial charge in [-0.05, 0) is 48.2 Å². The molecule has 4 rings (SSSR count). The van der Waals surface area contributed by atoms with E-state index in [4.69, 9.17) is 0 Å². The van der Waals surface area contributed by atoms with Crippen LogP contribution in [0.25, 0.3) is 0 Å². The Morgan fingerprint density at radius 1 is 1.14 bits per heavy atom. The molecule has 0 unspecified atom stereocenters. The topological polar surface area (TPSA) is 74.3 Å². The van der Waals surface area contributed by atoms with E-state index >= 15 is 0 Å². The number of benzene rings is 1. The molecule has 0 bridgehead atoms. The molecular weight excluding hydrogens is 359 g/mol. The van der Waals surface area contributed by atoms with E-state index in [-0.39, 0.29) is 35.6 Å². The Hall–Kier alpha value is -2.96. The summed E-state index contributed by atoms with van der Waals surface area (Å²) in [5.41, 5.74) is 1.66. The summed E-state index contributed by atoms with van der Waals surface area (Å²) >= 11 is 0. The van der Waals surface area contributed by atoms with Crippen LogP contribution in [0.4, 0.5) is 9.18 Å². The van der Waals surface area contributed by atoms with Gasteiger partial charge < -0.3 is 15.5 Å². The lowest BCUT2D eigenvalue weighted by Crippen LogP contribution is -2.38. The predicted octanol–water partition coefficient (Wildman–Crippen LogP) is 2.46. The van der Waals surface area contributed by atoms with Crippen molar-refractivity contribution < 1.29 is 14.0 Å². The second-order valence-electron chi connectivity index (χ2n) is 7.65. The van der Waals surface area contributed by atoms with Gasteiger partial charge in [0.2, 0.25) is 5.91 Å². The Kier molecular flexibility index (Phi) is 4.98. The van der Waals surface area contributed by atoms with E-state index in [9.17, 15) is 14.0 Å². The molecule has 2 N–H and O–H groups in total. The molecule has 146 valence electrons. The van der Waals surface area contributed by atoms with Crippen LogP contribution in [0.2, 0.25) is 0 Å². The maximum absolute atomic E-state index is 13.2. The van der Waals surface area contributed by atoms with Crippen LogP contribution in [0, 0.1) is 17.2 Å². The zero-order chi connectivity index (χ0) is 19.6. The number of carbonyl (C=O) groups is 2. The molecule has 1 aromatic heterocycles. The summed E-state index contributed by atoms with van der Waals surface area (Å²) in [5, 5.41) is 5.83. The summed E-state index contributed by atoms with van der Waals surface area (Å²) in [4.78, 5) is 30.6. The first-order chi connectivity index (χ1) is 13.6. The van der Waals surface area contributed by atoms with Crippen molar-refractivity contribution in [3.8, 4) is 0 Å². The number of halogens is 1. The van der Waals surface area contributed by atoms with Gasteiger partial charge in [-0.1, -0.05) is 12.1 Å². The molecule has 1 aromatic carbocycles. The molecule has 0 radical (unpaired) electrons. The monoisotopic (exact) mass is 382 g/mol. The van der Waals surface area contributed by atoms with Crippen LogP contribution in [0.15, 0.2) is 48.8 Å². The highest BCUT2D eigenvalue weighted by atomic mass is 19.1. The highest BCUT2D eigenvalue weighted by Gasteiger charge is 2.61. The quantitative estimate of drug-likeness (QED) is 0.834.